The highest BCUT2D eigenvalue weighted by Gasteiger charge is 2.40. The number of hydrogen-bond donors (Lipinski definition) is 1. The molecule has 0 aliphatic carbocycles. The maximum Gasteiger partial charge on any atom is 0.416 e. The highest BCUT2D eigenvalue weighted by Crippen LogP contribution is 2.37. The number of anilines is 1. The molecule has 4 rings (SSSR count). The van der Waals surface area contributed by atoms with Crippen LogP contribution in [-0.4, -0.2) is 23.2 Å². The third-order valence-electron chi connectivity index (χ3n) is 4.52. The number of benzene rings is 1. The molecule has 6 heteroatoms. The summed E-state index contributed by atoms with van der Waals surface area (Å²) in [5.41, 5.74) is 0.497. The average Bonchev–Trinajstić information content (AvgIpc) is 3.09. The molecule has 3 nitrogen and oxygen atoms in total. The fraction of sp³-hybridized carbons (Fsp3) is 0.438. The molecule has 2 aliphatic heterocycles. The summed E-state index contributed by atoms with van der Waals surface area (Å²) in [6.45, 7) is 0. The van der Waals surface area contributed by atoms with Crippen molar-refractivity contribution in [3.63, 3.8) is 0 Å². The number of nitrogens with one attached hydrogen (secondary N) is 1. The van der Waals surface area contributed by atoms with Gasteiger partial charge >= 0.3 is 6.18 Å². The van der Waals surface area contributed by atoms with Crippen molar-refractivity contribution in [3.05, 3.63) is 36.0 Å². The minimum absolute atomic E-state index is 0.211. The second kappa shape index (κ2) is 4.84. The molecule has 1 N–H and O–H groups in total. The smallest absolute Gasteiger partial charge is 0.379 e. The third-order valence-corrected chi connectivity index (χ3v) is 4.52. The van der Waals surface area contributed by atoms with E-state index in [1.807, 2.05) is 6.07 Å². The second-order valence-electron chi connectivity index (χ2n) is 5.95. The number of rotatable bonds is 2. The van der Waals surface area contributed by atoms with E-state index >= 15 is 0 Å². The maximum atomic E-state index is 12.8. The molecule has 2 fully saturated rings. The molecule has 1 aromatic carbocycles. The Labute approximate surface area is 125 Å². The molecule has 0 radical (unpaired) electrons. The zero-order valence-electron chi connectivity index (χ0n) is 11.7. The lowest BCUT2D eigenvalue weighted by molar-refractivity contribution is -0.137. The van der Waals surface area contributed by atoms with Crippen LogP contribution >= 0.6 is 0 Å². The summed E-state index contributed by atoms with van der Waals surface area (Å²) in [6.07, 6.45) is 0.833. The molecule has 1 aromatic heterocycles. The largest absolute Gasteiger partial charge is 0.416 e. The standard InChI is InChI=1S/C16H15F3N2O/c17-16(18,19)9-1-3-11-12(5-6-20-13(11)7-9)21-14-8-10-2-4-15(14)22-10/h1,3,5-7,10,14-15H,2,4,8H2,(H,20,21). The van der Waals surface area contributed by atoms with Gasteiger partial charge in [-0.2, -0.15) is 13.2 Å². The van der Waals surface area contributed by atoms with Crippen molar-refractivity contribution in [2.24, 2.45) is 0 Å². The van der Waals surface area contributed by atoms with Crippen LogP contribution in [0.3, 0.4) is 0 Å². The van der Waals surface area contributed by atoms with Gasteiger partial charge in [0.05, 0.1) is 29.3 Å². The first-order valence-electron chi connectivity index (χ1n) is 7.39. The number of hydrogen-bond acceptors (Lipinski definition) is 3. The normalized spacial score (nSPS) is 27.5. The fourth-order valence-corrected chi connectivity index (χ4v) is 3.44. The lowest BCUT2D eigenvalue weighted by Crippen LogP contribution is -2.30. The van der Waals surface area contributed by atoms with Crippen LogP contribution in [-0.2, 0) is 10.9 Å². The number of aromatic nitrogens is 1. The van der Waals surface area contributed by atoms with Gasteiger partial charge in [-0.05, 0) is 37.5 Å². The van der Waals surface area contributed by atoms with Crippen LogP contribution < -0.4 is 5.32 Å². The number of ether oxygens (including phenoxy) is 1. The zero-order chi connectivity index (χ0) is 15.3. The van der Waals surface area contributed by atoms with Gasteiger partial charge in [0.2, 0.25) is 0 Å². The van der Waals surface area contributed by atoms with Crippen LogP contribution in [0.1, 0.15) is 24.8 Å². The number of pyridine rings is 1. The average molecular weight is 308 g/mol. The Morgan fingerprint density at radius 1 is 1.18 bits per heavy atom. The molecule has 0 amide bonds. The molecule has 2 bridgehead atoms. The lowest BCUT2D eigenvalue weighted by atomic mass is 9.95. The molecule has 0 saturated carbocycles. The van der Waals surface area contributed by atoms with Gasteiger partial charge in [0.25, 0.3) is 0 Å². The van der Waals surface area contributed by atoms with Gasteiger partial charge in [0, 0.05) is 17.3 Å². The van der Waals surface area contributed by atoms with Crippen molar-refractivity contribution in [2.45, 2.75) is 43.7 Å². The second-order valence-corrected chi connectivity index (χ2v) is 5.95. The van der Waals surface area contributed by atoms with E-state index in [0.717, 1.165) is 37.1 Å². The van der Waals surface area contributed by atoms with Crippen molar-refractivity contribution in [3.8, 4) is 0 Å². The van der Waals surface area contributed by atoms with Crippen molar-refractivity contribution in [2.75, 3.05) is 5.32 Å². The first-order chi connectivity index (χ1) is 10.5. The Hall–Kier alpha value is -1.82. The highest BCUT2D eigenvalue weighted by molar-refractivity contribution is 5.91. The molecule has 3 unspecified atom stereocenters. The van der Waals surface area contributed by atoms with E-state index in [-0.39, 0.29) is 12.1 Å². The Morgan fingerprint density at radius 3 is 2.73 bits per heavy atom. The molecule has 22 heavy (non-hydrogen) atoms. The highest BCUT2D eigenvalue weighted by atomic mass is 19.4. The molecule has 0 spiro atoms. The Balaban J connectivity index is 1.66. The fourth-order valence-electron chi connectivity index (χ4n) is 3.44. The van der Waals surface area contributed by atoms with E-state index in [0.29, 0.717) is 17.0 Å². The predicted molar refractivity (Wildman–Crippen MR) is 76.7 cm³/mol. The van der Waals surface area contributed by atoms with Gasteiger partial charge in [0.1, 0.15) is 0 Å². The summed E-state index contributed by atoms with van der Waals surface area (Å²) in [7, 11) is 0. The molecule has 2 aliphatic rings. The molecule has 2 aromatic rings. The molecule has 116 valence electrons. The summed E-state index contributed by atoms with van der Waals surface area (Å²) in [6, 6.07) is 5.72. The van der Waals surface area contributed by atoms with Crippen molar-refractivity contribution in [1.82, 2.24) is 4.98 Å². The quantitative estimate of drug-likeness (QED) is 0.911. The first kappa shape index (κ1) is 13.8. The number of nitrogens with zero attached hydrogens (tertiary/aromatic N) is 1. The summed E-state index contributed by atoms with van der Waals surface area (Å²) >= 11 is 0. The predicted octanol–water partition coefficient (Wildman–Crippen LogP) is 3.99. The SMILES string of the molecule is FC(F)(F)c1ccc2c(NC3CC4CCC3O4)ccnc2c1. The number of fused-ring (bicyclic) bond motifs is 3. The van der Waals surface area contributed by atoms with Gasteiger partial charge in [-0.25, -0.2) is 0 Å². The lowest BCUT2D eigenvalue weighted by Gasteiger charge is -2.22. The van der Waals surface area contributed by atoms with Crippen LogP contribution in [0, 0.1) is 0 Å². The van der Waals surface area contributed by atoms with E-state index in [1.165, 1.54) is 6.07 Å². The van der Waals surface area contributed by atoms with Crippen LogP contribution in [0.25, 0.3) is 10.9 Å². The Kier molecular flexibility index (Phi) is 3.04. The van der Waals surface area contributed by atoms with Gasteiger partial charge in [-0.3, -0.25) is 4.98 Å². The molecule has 3 atom stereocenters. The summed E-state index contributed by atoms with van der Waals surface area (Å²) < 4.78 is 44.2. The maximum absolute atomic E-state index is 12.8. The van der Waals surface area contributed by atoms with Crippen molar-refractivity contribution < 1.29 is 17.9 Å². The molecule has 2 saturated heterocycles. The van der Waals surface area contributed by atoms with Crippen molar-refractivity contribution >= 4 is 16.6 Å². The van der Waals surface area contributed by atoms with Crippen LogP contribution in [0.15, 0.2) is 30.5 Å². The monoisotopic (exact) mass is 308 g/mol. The number of halogens is 3. The Morgan fingerprint density at radius 2 is 2.05 bits per heavy atom. The van der Waals surface area contributed by atoms with E-state index in [9.17, 15) is 13.2 Å². The molecule has 3 heterocycles. The Bertz CT molecular complexity index is 716. The van der Waals surface area contributed by atoms with Gasteiger partial charge in [0.15, 0.2) is 0 Å². The molecular formula is C16H15F3N2O. The summed E-state index contributed by atoms with van der Waals surface area (Å²) in [5.74, 6) is 0. The van der Waals surface area contributed by atoms with E-state index < -0.39 is 11.7 Å². The molecular weight excluding hydrogens is 293 g/mol. The summed E-state index contributed by atoms with van der Waals surface area (Å²) in [5, 5.41) is 4.13. The summed E-state index contributed by atoms with van der Waals surface area (Å²) in [4.78, 5) is 4.07. The third kappa shape index (κ3) is 2.31. The van der Waals surface area contributed by atoms with Gasteiger partial charge < -0.3 is 10.1 Å². The van der Waals surface area contributed by atoms with Crippen LogP contribution in [0.4, 0.5) is 18.9 Å². The van der Waals surface area contributed by atoms with Crippen LogP contribution in [0.5, 0.6) is 0 Å². The van der Waals surface area contributed by atoms with E-state index in [1.54, 1.807) is 6.20 Å². The van der Waals surface area contributed by atoms with Gasteiger partial charge in [-0.1, -0.05) is 6.07 Å². The number of alkyl halides is 3. The minimum Gasteiger partial charge on any atom is -0.379 e. The van der Waals surface area contributed by atoms with Crippen molar-refractivity contribution in [1.29, 1.82) is 0 Å². The van der Waals surface area contributed by atoms with E-state index in [4.69, 9.17) is 4.74 Å². The first-order valence-corrected chi connectivity index (χ1v) is 7.39. The van der Waals surface area contributed by atoms with Crippen LogP contribution in [0.2, 0.25) is 0 Å². The zero-order valence-corrected chi connectivity index (χ0v) is 11.7. The van der Waals surface area contributed by atoms with E-state index in [2.05, 4.69) is 10.3 Å². The van der Waals surface area contributed by atoms with Gasteiger partial charge in [-0.15, -0.1) is 0 Å². The topological polar surface area (TPSA) is 34.1 Å². The minimum atomic E-state index is -4.35.